The van der Waals surface area contributed by atoms with Crippen LogP contribution in [0.15, 0.2) is 36.9 Å². The van der Waals surface area contributed by atoms with Gasteiger partial charge in [-0.05, 0) is 30.2 Å². The summed E-state index contributed by atoms with van der Waals surface area (Å²) in [6.07, 6.45) is 1.80. The van der Waals surface area contributed by atoms with E-state index < -0.39 is 5.97 Å². The van der Waals surface area contributed by atoms with Gasteiger partial charge in [0, 0.05) is 6.54 Å². The minimum Gasteiger partial charge on any atom is -0.478 e. The van der Waals surface area contributed by atoms with Crippen LogP contribution in [0.4, 0.5) is 0 Å². The van der Waals surface area contributed by atoms with Gasteiger partial charge in [0.25, 0.3) is 0 Å². The van der Waals surface area contributed by atoms with Crippen molar-refractivity contribution in [1.82, 2.24) is 5.32 Å². The standard InChI is InChI=1S/C12H13NO3/c1-2-11(14)13-7-6-9-4-3-5-10(8-9)12(15)16/h2-5,8H,1,6-7H2,(H,13,14)(H,15,16). The first-order valence-corrected chi connectivity index (χ1v) is 4.86. The summed E-state index contributed by atoms with van der Waals surface area (Å²) in [7, 11) is 0. The molecule has 1 amide bonds. The maximum absolute atomic E-state index is 10.9. The molecule has 4 heteroatoms. The first-order valence-electron chi connectivity index (χ1n) is 4.86. The summed E-state index contributed by atoms with van der Waals surface area (Å²) in [5.74, 6) is -1.17. The lowest BCUT2D eigenvalue weighted by Gasteiger charge is -2.03. The third-order valence-corrected chi connectivity index (χ3v) is 2.07. The van der Waals surface area contributed by atoms with Crippen molar-refractivity contribution in [3.63, 3.8) is 0 Å². The normalized spacial score (nSPS) is 9.50. The van der Waals surface area contributed by atoms with Crippen molar-refractivity contribution in [1.29, 1.82) is 0 Å². The summed E-state index contributed by atoms with van der Waals surface area (Å²) >= 11 is 0. The van der Waals surface area contributed by atoms with Gasteiger partial charge in [0.05, 0.1) is 5.56 Å². The molecule has 0 spiro atoms. The molecular formula is C12H13NO3. The van der Waals surface area contributed by atoms with Gasteiger partial charge in [-0.25, -0.2) is 4.79 Å². The van der Waals surface area contributed by atoms with Gasteiger partial charge in [0.1, 0.15) is 0 Å². The molecule has 1 aromatic rings. The Bertz CT molecular complexity index is 412. The lowest BCUT2D eigenvalue weighted by atomic mass is 10.1. The molecule has 0 atom stereocenters. The predicted molar refractivity (Wildman–Crippen MR) is 60.3 cm³/mol. The minimum absolute atomic E-state index is 0.227. The minimum atomic E-state index is -0.947. The Morgan fingerprint density at radius 1 is 1.44 bits per heavy atom. The highest BCUT2D eigenvalue weighted by atomic mass is 16.4. The van der Waals surface area contributed by atoms with E-state index in [4.69, 9.17) is 5.11 Å². The fourth-order valence-corrected chi connectivity index (χ4v) is 1.26. The van der Waals surface area contributed by atoms with E-state index in [0.29, 0.717) is 13.0 Å². The van der Waals surface area contributed by atoms with Gasteiger partial charge in [-0.1, -0.05) is 18.7 Å². The summed E-state index contributed by atoms with van der Waals surface area (Å²) in [5, 5.41) is 11.4. The Labute approximate surface area is 93.6 Å². The molecule has 1 aromatic carbocycles. The molecule has 1 rings (SSSR count). The zero-order chi connectivity index (χ0) is 12.0. The number of carbonyl (C=O) groups is 2. The quantitative estimate of drug-likeness (QED) is 0.732. The maximum atomic E-state index is 10.9. The number of hydrogen-bond donors (Lipinski definition) is 2. The molecule has 0 radical (unpaired) electrons. The van der Waals surface area contributed by atoms with Gasteiger partial charge in [-0.2, -0.15) is 0 Å². The SMILES string of the molecule is C=CC(=O)NCCc1cccc(C(=O)O)c1. The molecule has 0 aliphatic heterocycles. The van der Waals surface area contributed by atoms with E-state index in [2.05, 4.69) is 11.9 Å². The van der Waals surface area contributed by atoms with Crippen LogP contribution in [0, 0.1) is 0 Å². The zero-order valence-corrected chi connectivity index (χ0v) is 8.77. The molecule has 0 aliphatic rings. The van der Waals surface area contributed by atoms with Gasteiger partial charge < -0.3 is 10.4 Å². The van der Waals surface area contributed by atoms with E-state index in [-0.39, 0.29) is 11.5 Å². The molecule has 0 unspecified atom stereocenters. The predicted octanol–water partition coefficient (Wildman–Crippen LogP) is 1.23. The number of nitrogens with one attached hydrogen (secondary N) is 1. The number of benzene rings is 1. The molecular weight excluding hydrogens is 206 g/mol. The number of amides is 1. The van der Waals surface area contributed by atoms with Crippen molar-refractivity contribution >= 4 is 11.9 Å². The van der Waals surface area contributed by atoms with E-state index in [1.807, 2.05) is 6.07 Å². The Morgan fingerprint density at radius 3 is 2.81 bits per heavy atom. The second-order valence-corrected chi connectivity index (χ2v) is 3.25. The number of rotatable bonds is 5. The summed E-state index contributed by atoms with van der Waals surface area (Å²) < 4.78 is 0. The summed E-state index contributed by atoms with van der Waals surface area (Å²) in [4.78, 5) is 21.6. The van der Waals surface area contributed by atoms with E-state index in [1.165, 1.54) is 12.1 Å². The van der Waals surface area contributed by atoms with E-state index in [1.54, 1.807) is 12.1 Å². The number of carboxylic acids is 1. The fourth-order valence-electron chi connectivity index (χ4n) is 1.26. The molecule has 0 bridgehead atoms. The molecule has 4 nitrogen and oxygen atoms in total. The van der Waals surface area contributed by atoms with Gasteiger partial charge in [0.15, 0.2) is 0 Å². The summed E-state index contributed by atoms with van der Waals surface area (Å²) in [6.45, 7) is 3.80. The van der Waals surface area contributed by atoms with Gasteiger partial charge >= 0.3 is 5.97 Å². The van der Waals surface area contributed by atoms with Crippen LogP contribution in [-0.4, -0.2) is 23.5 Å². The van der Waals surface area contributed by atoms with Gasteiger partial charge in [-0.15, -0.1) is 0 Å². The topological polar surface area (TPSA) is 66.4 Å². The molecule has 0 aliphatic carbocycles. The molecule has 0 aromatic heterocycles. The van der Waals surface area contributed by atoms with Crippen molar-refractivity contribution in [2.45, 2.75) is 6.42 Å². The van der Waals surface area contributed by atoms with Crippen molar-refractivity contribution in [2.75, 3.05) is 6.54 Å². The molecule has 0 fully saturated rings. The molecule has 16 heavy (non-hydrogen) atoms. The van der Waals surface area contributed by atoms with Crippen molar-refractivity contribution in [3.05, 3.63) is 48.0 Å². The first kappa shape index (κ1) is 12.0. The van der Waals surface area contributed by atoms with Crippen LogP contribution in [0.2, 0.25) is 0 Å². The van der Waals surface area contributed by atoms with E-state index in [0.717, 1.165) is 5.56 Å². The van der Waals surface area contributed by atoms with E-state index >= 15 is 0 Å². The van der Waals surface area contributed by atoms with Crippen molar-refractivity contribution in [2.24, 2.45) is 0 Å². The van der Waals surface area contributed by atoms with Crippen LogP contribution < -0.4 is 5.32 Å². The number of aromatic carboxylic acids is 1. The number of carbonyl (C=O) groups excluding carboxylic acids is 1. The Morgan fingerprint density at radius 2 is 2.19 bits per heavy atom. The summed E-state index contributed by atoms with van der Waals surface area (Å²) in [6, 6.07) is 6.65. The third-order valence-electron chi connectivity index (χ3n) is 2.07. The third kappa shape index (κ3) is 3.57. The fraction of sp³-hybridized carbons (Fsp3) is 0.167. The summed E-state index contributed by atoms with van der Waals surface area (Å²) in [5.41, 5.74) is 1.14. The highest BCUT2D eigenvalue weighted by molar-refractivity contribution is 5.88. The van der Waals surface area contributed by atoms with Crippen LogP contribution in [-0.2, 0) is 11.2 Å². The first-order chi connectivity index (χ1) is 7.63. The van der Waals surface area contributed by atoms with Crippen LogP contribution in [0.1, 0.15) is 15.9 Å². The van der Waals surface area contributed by atoms with Crippen molar-refractivity contribution in [3.8, 4) is 0 Å². The Kier molecular flexibility index (Phi) is 4.27. The smallest absolute Gasteiger partial charge is 0.335 e. The van der Waals surface area contributed by atoms with Crippen molar-refractivity contribution < 1.29 is 14.7 Å². The largest absolute Gasteiger partial charge is 0.478 e. The molecule has 0 heterocycles. The lowest BCUT2D eigenvalue weighted by Crippen LogP contribution is -2.23. The molecule has 0 saturated carbocycles. The highest BCUT2D eigenvalue weighted by Crippen LogP contribution is 2.05. The van der Waals surface area contributed by atoms with Gasteiger partial charge in [0.2, 0.25) is 5.91 Å². The number of hydrogen-bond acceptors (Lipinski definition) is 2. The lowest BCUT2D eigenvalue weighted by molar-refractivity contribution is -0.116. The Balaban J connectivity index is 2.54. The Hall–Kier alpha value is -2.10. The van der Waals surface area contributed by atoms with Crippen LogP contribution in [0.3, 0.4) is 0 Å². The van der Waals surface area contributed by atoms with Gasteiger partial charge in [-0.3, -0.25) is 4.79 Å². The van der Waals surface area contributed by atoms with Crippen LogP contribution in [0.5, 0.6) is 0 Å². The average Bonchev–Trinajstić information content (AvgIpc) is 2.29. The maximum Gasteiger partial charge on any atom is 0.335 e. The second kappa shape index (κ2) is 5.70. The molecule has 0 saturated heterocycles. The molecule has 2 N–H and O–H groups in total. The zero-order valence-electron chi connectivity index (χ0n) is 8.77. The highest BCUT2D eigenvalue weighted by Gasteiger charge is 2.03. The van der Waals surface area contributed by atoms with Crippen LogP contribution in [0.25, 0.3) is 0 Å². The van der Waals surface area contributed by atoms with E-state index in [9.17, 15) is 9.59 Å². The monoisotopic (exact) mass is 219 g/mol. The van der Waals surface area contributed by atoms with Crippen LogP contribution >= 0.6 is 0 Å². The number of carboxylic acid groups (broad SMARTS) is 1. The molecule has 84 valence electrons. The second-order valence-electron chi connectivity index (χ2n) is 3.25. The average molecular weight is 219 g/mol.